The molecule has 1 aliphatic rings. The van der Waals surface area contributed by atoms with Crippen molar-refractivity contribution in [3.05, 3.63) is 47.5 Å². The van der Waals surface area contributed by atoms with Crippen LogP contribution < -0.4 is 0 Å². The fourth-order valence-electron chi connectivity index (χ4n) is 3.17. The maximum Gasteiger partial charge on any atom is 0.306 e. The lowest BCUT2D eigenvalue weighted by atomic mass is 9.78. The van der Waals surface area contributed by atoms with Crippen LogP contribution in [-0.4, -0.2) is 13.1 Å². The maximum absolute atomic E-state index is 11.7. The van der Waals surface area contributed by atoms with Crippen molar-refractivity contribution in [2.24, 2.45) is 17.8 Å². The molecule has 0 saturated heterocycles. The van der Waals surface area contributed by atoms with Gasteiger partial charge in [0.15, 0.2) is 0 Å². The van der Waals surface area contributed by atoms with Crippen LogP contribution in [0.25, 0.3) is 0 Å². The Hall–Kier alpha value is -1.57. The summed E-state index contributed by atoms with van der Waals surface area (Å²) in [7, 11) is 1.46. The minimum absolute atomic E-state index is 0.132. The number of hydrogen-bond acceptors (Lipinski definition) is 2. The molecule has 108 valence electrons. The summed E-state index contributed by atoms with van der Waals surface area (Å²) in [6, 6.07) is 8.58. The van der Waals surface area contributed by atoms with Gasteiger partial charge in [-0.15, -0.1) is 0 Å². The van der Waals surface area contributed by atoms with Crippen molar-refractivity contribution in [1.82, 2.24) is 0 Å². The zero-order chi connectivity index (χ0) is 14.7. The number of allylic oxidation sites excluding steroid dienone is 1. The molecule has 0 N–H and O–H groups in total. The standard InChI is InChI=1S/C18H24O2/c1-12(2)13(3)17(11-18(19)20-4)16-9-14-7-5-6-8-15(14)10-16/h5-8,12,16-17H,3,9-11H2,1-2,4H3. The van der Waals surface area contributed by atoms with E-state index in [2.05, 4.69) is 44.7 Å². The van der Waals surface area contributed by atoms with Gasteiger partial charge in [-0.1, -0.05) is 50.3 Å². The molecule has 0 aromatic heterocycles. The number of methoxy groups -OCH3 is 1. The molecule has 2 heteroatoms. The number of rotatable bonds is 5. The number of esters is 1. The zero-order valence-corrected chi connectivity index (χ0v) is 12.7. The molecule has 1 aliphatic carbocycles. The molecule has 20 heavy (non-hydrogen) atoms. The van der Waals surface area contributed by atoms with Crippen LogP contribution in [0.15, 0.2) is 36.4 Å². The summed E-state index contributed by atoms with van der Waals surface area (Å²) in [6.45, 7) is 8.54. The van der Waals surface area contributed by atoms with E-state index in [1.807, 2.05) is 0 Å². The lowest BCUT2D eigenvalue weighted by molar-refractivity contribution is -0.141. The maximum atomic E-state index is 11.7. The summed E-state index contributed by atoms with van der Waals surface area (Å²) >= 11 is 0. The number of hydrogen-bond donors (Lipinski definition) is 0. The first-order chi connectivity index (χ1) is 9.52. The number of carbonyl (C=O) groups excluding carboxylic acids is 1. The Morgan fingerprint density at radius 3 is 2.30 bits per heavy atom. The monoisotopic (exact) mass is 272 g/mol. The lowest BCUT2D eigenvalue weighted by Crippen LogP contribution is -2.23. The van der Waals surface area contributed by atoms with Crippen molar-refractivity contribution >= 4 is 5.97 Å². The van der Waals surface area contributed by atoms with Crippen LogP contribution in [0.4, 0.5) is 0 Å². The Bertz CT molecular complexity index is 477. The second-order valence-corrected chi connectivity index (χ2v) is 6.05. The van der Waals surface area contributed by atoms with Gasteiger partial charge in [0.25, 0.3) is 0 Å². The largest absolute Gasteiger partial charge is 0.469 e. The molecular weight excluding hydrogens is 248 g/mol. The summed E-state index contributed by atoms with van der Waals surface area (Å²) in [5.74, 6) is 0.956. The van der Waals surface area contributed by atoms with Crippen LogP contribution in [0.2, 0.25) is 0 Å². The Morgan fingerprint density at radius 1 is 1.30 bits per heavy atom. The van der Waals surface area contributed by atoms with Crippen molar-refractivity contribution in [1.29, 1.82) is 0 Å². The average molecular weight is 272 g/mol. The molecule has 0 bridgehead atoms. The van der Waals surface area contributed by atoms with E-state index in [1.165, 1.54) is 23.8 Å². The third kappa shape index (κ3) is 3.12. The van der Waals surface area contributed by atoms with Crippen molar-refractivity contribution in [3.8, 4) is 0 Å². The molecule has 0 fully saturated rings. The van der Waals surface area contributed by atoms with Gasteiger partial charge in [-0.2, -0.15) is 0 Å². The highest BCUT2D eigenvalue weighted by atomic mass is 16.5. The van der Waals surface area contributed by atoms with Crippen molar-refractivity contribution < 1.29 is 9.53 Å². The first-order valence-electron chi connectivity index (χ1n) is 7.35. The molecule has 2 rings (SSSR count). The van der Waals surface area contributed by atoms with Crippen LogP contribution in [0, 0.1) is 17.8 Å². The molecular formula is C18H24O2. The summed E-state index contributed by atoms with van der Waals surface area (Å²) in [6.07, 6.45) is 2.54. The van der Waals surface area contributed by atoms with Gasteiger partial charge in [-0.25, -0.2) is 0 Å². The van der Waals surface area contributed by atoms with E-state index in [1.54, 1.807) is 0 Å². The van der Waals surface area contributed by atoms with E-state index in [0.29, 0.717) is 18.3 Å². The molecule has 0 saturated carbocycles. The van der Waals surface area contributed by atoms with Gasteiger partial charge < -0.3 is 4.74 Å². The third-order valence-corrected chi connectivity index (χ3v) is 4.48. The van der Waals surface area contributed by atoms with E-state index < -0.39 is 0 Å². The molecule has 1 aromatic carbocycles. The first kappa shape index (κ1) is 14.8. The smallest absolute Gasteiger partial charge is 0.306 e. The second-order valence-electron chi connectivity index (χ2n) is 6.05. The summed E-state index contributed by atoms with van der Waals surface area (Å²) in [5, 5.41) is 0. The quantitative estimate of drug-likeness (QED) is 0.602. The van der Waals surface area contributed by atoms with E-state index in [9.17, 15) is 4.79 Å². The van der Waals surface area contributed by atoms with Crippen molar-refractivity contribution in [2.75, 3.05) is 7.11 Å². The van der Waals surface area contributed by atoms with Crippen LogP contribution >= 0.6 is 0 Å². The van der Waals surface area contributed by atoms with E-state index in [4.69, 9.17) is 4.74 Å². The number of fused-ring (bicyclic) bond motifs is 1. The third-order valence-electron chi connectivity index (χ3n) is 4.48. The molecule has 0 radical (unpaired) electrons. The minimum atomic E-state index is -0.132. The highest BCUT2D eigenvalue weighted by molar-refractivity contribution is 5.70. The number of benzene rings is 1. The van der Waals surface area contributed by atoms with Gasteiger partial charge in [0.1, 0.15) is 0 Å². The van der Waals surface area contributed by atoms with Crippen LogP contribution in [0.1, 0.15) is 31.4 Å². The topological polar surface area (TPSA) is 26.3 Å². The highest BCUT2D eigenvalue weighted by Crippen LogP contribution is 2.38. The fourth-order valence-corrected chi connectivity index (χ4v) is 3.17. The Morgan fingerprint density at radius 2 is 1.85 bits per heavy atom. The van der Waals surface area contributed by atoms with E-state index in [-0.39, 0.29) is 11.9 Å². The van der Waals surface area contributed by atoms with Gasteiger partial charge in [0, 0.05) is 0 Å². The number of carbonyl (C=O) groups is 1. The molecule has 0 amide bonds. The molecule has 0 heterocycles. The average Bonchev–Trinajstić information content (AvgIpc) is 2.87. The molecule has 0 spiro atoms. The fraction of sp³-hybridized carbons (Fsp3) is 0.500. The van der Waals surface area contributed by atoms with Crippen LogP contribution in [0.5, 0.6) is 0 Å². The normalized spacial score (nSPS) is 16.0. The Kier molecular flexibility index (Phi) is 4.64. The molecule has 1 atom stereocenters. The van der Waals surface area contributed by atoms with Crippen LogP contribution in [-0.2, 0) is 22.4 Å². The first-order valence-corrected chi connectivity index (χ1v) is 7.35. The minimum Gasteiger partial charge on any atom is -0.469 e. The van der Waals surface area contributed by atoms with Crippen LogP contribution in [0.3, 0.4) is 0 Å². The second kappa shape index (κ2) is 6.25. The van der Waals surface area contributed by atoms with Gasteiger partial charge in [-0.3, -0.25) is 4.79 Å². The van der Waals surface area contributed by atoms with Crippen molar-refractivity contribution in [3.63, 3.8) is 0 Å². The number of ether oxygens (including phenoxy) is 1. The summed E-state index contributed by atoms with van der Waals surface area (Å²) < 4.78 is 4.87. The molecule has 2 nitrogen and oxygen atoms in total. The van der Waals surface area contributed by atoms with Crippen molar-refractivity contribution in [2.45, 2.75) is 33.1 Å². The highest BCUT2D eigenvalue weighted by Gasteiger charge is 2.32. The summed E-state index contributed by atoms with van der Waals surface area (Å²) in [5.41, 5.74) is 4.01. The van der Waals surface area contributed by atoms with Gasteiger partial charge >= 0.3 is 5.97 Å². The van der Waals surface area contributed by atoms with E-state index >= 15 is 0 Å². The molecule has 1 unspecified atom stereocenters. The SMILES string of the molecule is C=C(C(C)C)C(CC(=O)OC)C1Cc2ccccc2C1. The zero-order valence-electron chi connectivity index (χ0n) is 12.7. The Balaban J connectivity index is 2.16. The lowest BCUT2D eigenvalue weighted by Gasteiger charge is -2.27. The van der Waals surface area contributed by atoms with Gasteiger partial charge in [-0.05, 0) is 41.7 Å². The summed E-state index contributed by atoms with van der Waals surface area (Å²) in [4.78, 5) is 11.7. The van der Waals surface area contributed by atoms with E-state index in [0.717, 1.165) is 12.8 Å². The predicted molar refractivity (Wildman–Crippen MR) is 81.4 cm³/mol. The van der Waals surface area contributed by atoms with Gasteiger partial charge in [0.05, 0.1) is 13.5 Å². The molecule has 1 aromatic rings. The Labute approximate surface area is 121 Å². The van der Waals surface area contributed by atoms with Gasteiger partial charge in [0.2, 0.25) is 0 Å². The molecule has 0 aliphatic heterocycles. The predicted octanol–water partition coefficient (Wildman–Crippen LogP) is 3.79.